The molecule has 0 aliphatic heterocycles. The first-order valence-electron chi connectivity index (χ1n) is 11.7. The van der Waals surface area contributed by atoms with E-state index in [-0.39, 0.29) is 0 Å². The number of furan rings is 1. The molecule has 0 aromatic carbocycles. The van der Waals surface area contributed by atoms with Crippen LogP contribution in [0.3, 0.4) is 0 Å². The quantitative estimate of drug-likeness (QED) is 0.208. The van der Waals surface area contributed by atoms with Crippen LogP contribution in [0.2, 0.25) is 0 Å². The molecule has 166 valence electrons. The number of hydrogen-bond acceptors (Lipinski definition) is 1. The molecule has 1 aromatic rings. The van der Waals surface area contributed by atoms with Crippen LogP contribution in [-0.2, 0) is 6.42 Å². The molecule has 0 amide bonds. The molecule has 0 unspecified atom stereocenters. The van der Waals surface area contributed by atoms with Crippen LogP contribution < -0.4 is 0 Å². The minimum absolute atomic E-state index is 1.07. The van der Waals surface area contributed by atoms with Crippen LogP contribution in [0.4, 0.5) is 0 Å². The van der Waals surface area contributed by atoms with Crippen LogP contribution in [0.15, 0.2) is 81.8 Å². The lowest BCUT2D eigenvalue weighted by atomic mass is 10.0. The highest BCUT2D eigenvalue weighted by molar-refractivity contribution is 5.08. The first-order chi connectivity index (χ1) is 14.5. The zero-order valence-electron chi connectivity index (χ0n) is 20.2. The van der Waals surface area contributed by atoms with Gasteiger partial charge in [0.05, 0.1) is 12.5 Å². The molecule has 0 atom stereocenters. The standard InChI is InChI=1S/C29H44O/c1-25(2)14-11-16-27(4)18-13-20-28(5)19-12-17-26(3)15-9-7-6-8-10-21-29-22-23-30-24-29/h6,8,14-15,18-19,22-24H,7,9-13,16-17,20-21H2,1-5H3/b8-6+,26-15+,27-18+,28-19+. The fraction of sp³-hybridized carbons (Fsp3) is 0.517. The molecule has 1 heteroatoms. The molecule has 1 nitrogen and oxygen atoms in total. The molecule has 0 fully saturated rings. The van der Waals surface area contributed by atoms with Crippen LogP contribution >= 0.6 is 0 Å². The maximum absolute atomic E-state index is 5.09. The van der Waals surface area contributed by atoms with E-state index in [1.165, 1.54) is 60.0 Å². The van der Waals surface area contributed by atoms with E-state index in [2.05, 4.69) is 71.1 Å². The van der Waals surface area contributed by atoms with Gasteiger partial charge in [-0.05, 0) is 110 Å². The second-order valence-electron chi connectivity index (χ2n) is 8.77. The van der Waals surface area contributed by atoms with E-state index in [0.29, 0.717) is 0 Å². The molecule has 0 bridgehead atoms. The van der Waals surface area contributed by atoms with Gasteiger partial charge in [-0.15, -0.1) is 0 Å². The topological polar surface area (TPSA) is 13.1 Å². The third-order valence-corrected chi connectivity index (χ3v) is 5.33. The Balaban J connectivity index is 2.12. The lowest BCUT2D eigenvalue weighted by Gasteiger charge is -2.02. The van der Waals surface area contributed by atoms with Crippen molar-refractivity contribution in [2.24, 2.45) is 0 Å². The third-order valence-electron chi connectivity index (χ3n) is 5.33. The number of allylic oxidation sites excluding steroid dienone is 10. The van der Waals surface area contributed by atoms with Gasteiger partial charge in [0, 0.05) is 0 Å². The lowest BCUT2D eigenvalue weighted by molar-refractivity contribution is 0.564. The van der Waals surface area contributed by atoms with Gasteiger partial charge in [-0.1, -0.05) is 58.7 Å². The Bertz CT molecular complexity index is 704. The predicted molar refractivity (Wildman–Crippen MR) is 134 cm³/mol. The van der Waals surface area contributed by atoms with Crippen molar-refractivity contribution in [3.63, 3.8) is 0 Å². The van der Waals surface area contributed by atoms with Gasteiger partial charge in [-0.25, -0.2) is 0 Å². The Hall–Kier alpha value is -2.02. The molecule has 0 saturated carbocycles. The zero-order valence-corrected chi connectivity index (χ0v) is 20.2. The van der Waals surface area contributed by atoms with Gasteiger partial charge in [0.25, 0.3) is 0 Å². The average molecular weight is 409 g/mol. The van der Waals surface area contributed by atoms with Crippen LogP contribution in [-0.4, -0.2) is 0 Å². The predicted octanol–water partition coefficient (Wildman–Crippen LogP) is 9.69. The Kier molecular flexibility index (Phi) is 14.5. The molecule has 30 heavy (non-hydrogen) atoms. The summed E-state index contributed by atoms with van der Waals surface area (Å²) in [7, 11) is 0. The normalized spacial score (nSPS) is 13.3. The summed E-state index contributed by atoms with van der Waals surface area (Å²) in [5, 5.41) is 0. The highest BCUT2D eigenvalue weighted by Crippen LogP contribution is 2.14. The molecule has 0 aliphatic carbocycles. The summed E-state index contributed by atoms with van der Waals surface area (Å²) in [6.07, 6.45) is 29.3. The highest BCUT2D eigenvalue weighted by atomic mass is 16.3. The van der Waals surface area contributed by atoms with E-state index in [1.54, 1.807) is 6.26 Å². The Morgan fingerprint density at radius 2 is 1.20 bits per heavy atom. The molecule has 0 spiro atoms. The first kappa shape index (κ1) is 26.0. The Labute approximate surface area is 186 Å². The van der Waals surface area contributed by atoms with Crippen molar-refractivity contribution in [1.82, 2.24) is 0 Å². The summed E-state index contributed by atoms with van der Waals surface area (Å²) < 4.78 is 5.09. The van der Waals surface area contributed by atoms with E-state index < -0.39 is 0 Å². The van der Waals surface area contributed by atoms with Gasteiger partial charge in [0.2, 0.25) is 0 Å². The molecule has 1 aromatic heterocycles. The summed E-state index contributed by atoms with van der Waals surface area (Å²) in [4.78, 5) is 0. The largest absolute Gasteiger partial charge is 0.472 e. The second kappa shape index (κ2) is 16.7. The number of aryl methyl sites for hydroxylation is 1. The molecule has 1 rings (SSSR count). The first-order valence-corrected chi connectivity index (χ1v) is 11.7. The third kappa shape index (κ3) is 14.9. The van der Waals surface area contributed by atoms with Gasteiger partial charge in [-0.2, -0.15) is 0 Å². The fourth-order valence-corrected chi connectivity index (χ4v) is 3.33. The lowest BCUT2D eigenvalue weighted by Crippen LogP contribution is -1.82. The average Bonchev–Trinajstić information content (AvgIpc) is 3.20. The van der Waals surface area contributed by atoms with E-state index >= 15 is 0 Å². The highest BCUT2D eigenvalue weighted by Gasteiger charge is 1.94. The van der Waals surface area contributed by atoms with Crippen molar-refractivity contribution in [2.45, 2.75) is 98.8 Å². The van der Waals surface area contributed by atoms with Crippen LogP contribution in [0.5, 0.6) is 0 Å². The van der Waals surface area contributed by atoms with Gasteiger partial charge < -0.3 is 4.42 Å². The van der Waals surface area contributed by atoms with Gasteiger partial charge in [0.1, 0.15) is 0 Å². The zero-order chi connectivity index (χ0) is 22.0. The Morgan fingerprint density at radius 3 is 1.73 bits per heavy atom. The Morgan fingerprint density at radius 1 is 0.667 bits per heavy atom. The van der Waals surface area contributed by atoms with Crippen LogP contribution in [0.1, 0.15) is 98.0 Å². The maximum Gasteiger partial charge on any atom is 0.0934 e. The summed E-state index contributed by atoms with van der Waals surface area (Å²) >= 11 is 0. The molecule has 0 saturated heterocycles. The van der Waals surface area contributed by atoms with E-state index in [0.717, 1.165) is 32.1 Å². The molecule has 1 heterocycles. The van der Waals surface area contributed by atoms with Crippen molar-refractivity contribution in [2.75, 3.05) is 0 Å². The monoisotopic (exact) mass is 408 g/mol. The van der Waals surface area contributed by atoms with Crippen molar-refractivity contribution in [3.8, 4) is 0 Å². The fourth-order valence-electron chi connectivity index (χ4n) is 3.33. The number of rotatable bonds is 15. The molecule has 0 N–H and O–H groups in total. The van der Waals surface area contributed by atoms with Crippen molar-refractivity contribution in [3.05, 3.63) is 82.9 Å². The van der Waals surface area contributed by atoms with Gasteiger partial charge >= 0.3 is 0 Å². The molecule has 0 aliphatic rings. The SMILES string of the molecule is CC(C)=CCC/C(C)=C/CC/C(C)=C/CC/C(C)=C/CC/C=C/CCc1ccoc1. The smallest absolute Gasteiger partial charge is 0.0934 e. The summed E-state index contributed by atoms with van der Waals surface area (Å²) in [5.41, 5.74) is 7.26. The van der Waals surface area contributed by atoms with Crippen molar-refractivity contribution < 1.29 is 4.42 Å². The van der Waals surface area contributed by atoms with Crippen molar-refractivity contribution in [1.29, 1.82) is 0 Å². The van der Waals surface area contributed by atoms with Crippen LogP contribution in [0.25, 0.3) is 0 Å². The minimum Gasteiger partial charge on any atom is -0.472 e. The summed E-state index contributed by atoms with van der Waals surface area (Å²) in [6, 6.07) is 2.04. The van der Waals surface area contributed by atoms with Gasteiger partial charge in [0.15, 0.2) is 0 Å². The van der Waals surface area contributed by atoms with Gasteiger partial charge in [-0.3, -0.25) is 0 Å². The van der Waals surface area contributed by atoms with E-state index in [9.17, 15) is 0 Å². The molecule has 0 radical (unpaired) electrons. The summed E-state index contributed by atoms with van der Waals surface area (Å²) in [6.45, 7) is 11.2. The number of hydrogen-bond donors (Lipinski definition) is 0. The van der Waals surface area contributed by atoms with Crippen molar-refractivity contribution >= 4 is 0 Å². The minimum atomic E-state index is 1.07. The van der Waals surface area contributed by atoms with Crippen LogP contribution in [0, 0.1) is 0 Å². The van der Waals surface area contributed by atoms with E-state index in [4.69, 9.17) is 4.42 Å². The summed E-state index contributed by atoms with van der Waals surface area (Å²) in [5.74, 6) is 0. The molecular formula is C29H44O. The maximum atomic E-state index is 5.09. The second-order valence-corrected chi connectivity index (χ2v) is 8.77. The number of unbranched alkanes of at least 4 members (excludes halogenated alkanes) is 1. The molecular weight excluding hydrogens is 364 g/mol. The van der Waals surface area contributed by atoms with E-state index in [1.807, 2.05) is 12.3 Å².